The Morgan fingerprint density at radius 3 is 2.59 bits per heavy atom. The van der Waals surface area contributed by atoms with Gasteiger partial charge < -0.3 is 23.5 Å². The quantitative estimate of drug-likeness (QED) is 0.145. The summed E-state index contributed by atoms with van der Waals surface area (Å²) in [6, 6.07) is 18.0. The minimum Gasteiger partial charge on any atom is -0.473 e. The van der Waals surface area contributed by atoms with E-state index in [1.165, 1.54) is 0 Å². The van der Waals surface area contributed by atoms with Crippen LogP contribution in [0.1, 0.15) is 73.4 Å². The number of hydrogen-bond acceptors (Lipinski definition) is 9. The third-order valence-electron chi connectivity index (χ3n) is 9.29. The van der Waals surface area contributed by atoms with Gasteiger partial charge in [-0.05, 0) is 89.0 Å². The summed E-state index contributed by atoms with van der Waals surface area (Å²) in [6.45, 7) is 11.6. The first-order valence-electron chi connectivity index (χ1n) is 17.3. The number of pyridine rings is 1. The second-order valence-corrected chi connectivity index (χ2v) is 14.1. The van der Waals surface area contributed by atoms with Crippen LogP contribution in [0, 0.1) is 0 Å². The lowest BCUT2D eigenvalue weighted by atomic mass is 9.93. The number of nitrogens with zero attached hydrogens (tertiary/aromatic N) is 6. The van der Waals surface area contributed by atoms with E-state index in [2.05, 4.69) is 38.8 Å². The number of hydrogen-bond donors (Lipinski definition) is 0. The molecule has 11 nitrogen and oxygen atoms in total. The zero-order chi connectivity index (χ0) is 34.0. The van der Waals surface area contributed by atoms with E-state index in [0.717, 1.165) is 97.6 Å². The first-order chi connectivity index (χ1) is 23.7. The number of rotatable bonds is 12. The Morgan fingerprint density at radius 1 is 1.00 bits per heavy atom. The topological polar surface area (TPSA) is 106 Å². The summed E-state index contributed by atoms with van der Waals surface area (Å²) in [5.41, 5.74) is 4.89. The van der Waals surface area contributed by atoms with Crippen LogP contribution in [0.15, 0.2) is 60.8 Å². The maximum atomic E-state index is 12.9. The minimum atomic E-state index is -0.556. The summed E-state index contributed by atoms with van der Waals surface area (Å²) < 4.78 is 26.9. The van der Waals surface area contributed by atoms with E-state index >= 15 is 0 Å². The van der Waals surface area contributed by atoms with E-state index in [0.29, 0.717) is 30.6 Å². The van der Waals surface area contributed by atoms with E-state index in [1.54, 1.807) is 7.11 Å². The molecule has 3 aromatic heterocycles. The fourth-order valence-corrected chi connectivity index (χ4v) is 6.58. The summed E-state index contributed by atoms with van der Waals surface area (Å²) in [5, 5.41) is 5.76. The van der Waals surface area contributed by atoms with Gasteiger partial charge in [0.25, 0.3) is 0 Å². The number of piperidine rings is 1. The molecule has 2 aliphatic heterocycles. The molecule has 7 rings (SSSR count). The molecule has 2 aliphatic rings. The van der Waals surface area contributed by atoms with Crippen molar-refractivity contribution in [2.45, 2.75) is 83.9 Å². The van der Waals surface area contributed by atoms with Gasteiger partial charge in [-0.25, -0.2) is 14.8 Å². The van der Waals surface area contributed by atoms with E-state index in [1.807, 2.05) is 62.0 Å². The second-order valence-electron chi connectivity index (χ2n) is 14.1. The van der Waals surface area contributed by atoms with Crippen molar-refractivity contribution >= 4 is 27.9 Å². The zero-order valence-corrected chi connectivity index (χ0v) is 28.9. The molecule has 0 amide bonds. The highest BCUT2D eigenvalue weighted by Crippen LogP contribution is 2.30. The van der Waals surface area contributed by atoms with Gasteiger partial charge >= 0.3 is 5.97 Å². The van der Waals surface area contributed by atoms with E-state index in [9.17, 15) is 4.79 Å². The Balaban J connectivity index is 0.982. The maximum Gasteiger partial charge on any atom is 0.338 e. The third-order valence-corrected chi connectivity index (χ3v) is 9.29. The summed E-state index contributed by atoms with van der Waals surface area (Å²) >= 11 is 0. The average Bonchev–Trinajstić information content (AvgIpc) is 3.63. The predicted molar refractivity (Wildman–Crippen MR) is 187 cm³/mol. The molecule has 0 radical (unpaired) electrons. The second kappa shape index (κ2) is 14.3. The van der Waals surface area contributed by atoms with Gasteiger partial charge in [0.2, 0.25) is 5.88 Å². The number of esters is 1. The van der Waals surface area contributed by atoms with Gasteiger partial charge in [0.05, 0.1) is 54.5 Å². The van der Waals surface area contributed by atoms with Crippen molar-refractivity contribution in [2.24, 2.45) is 0 Å². The molecule has 2 aromatic carbocycles. The normalized spacial score (nSPS) is 17.4. The molecule has 0 aliphatic carbocycles. The molecule has 49 heavy (non-hydrogen) atoms. The summed E-state index contributed by atoms with van der Waals surface area (Å²) in [4.78, 5) is 25.3. The first kappa shape index (κ1) is 33.2. The van der Waals surface area contributed by atoms with Crippen molar-refractivity contribution in [3.63, 3.8) is 0 Å². The Labute approximate surface area is 287 Å². The van der Waals surface area contributed by atoms with Crippen LogP contribution in [0.5, 0.6) is 5.88 Å². The van der Waals surface area contributed by atoms with Gasteiger partial charge in [-0.2, -0.15) is 5.10 Å². The highest BCUT2D eigenvalue weighted by atomic mass is 16.6. The molecular formula is C38H46N6O5. The van der Waals surface area contributed by atoms with Gasteiger partial charge in [-0.15, -0.1) is 0 Å². The van der Waals surface area contributed by atoms with E-state index < -0.39 is 5.60 Å². The molecule has 0 spiro atoms. The molecule has 1 unspecified atom stereocenters. The SMILES string of the molecule is COCCn1cc2ccc(COc3cccc(C4CCN(Cc5nc6ccc(C(=O)OC(C)(C)C)cc6n5CC5CCO5)CC4)n3)cc2n1. The molecule has 1 atom stereocenters. The molecule has 2 fully saturated rings. The highest BCUT2D eigenvalue weighted by molar-refractivity contribution is 5.94. The molecular weight excluding hydrogens is 620 g/mol. The van der Waals surface area contributed by atoms with Gasteiger partial charge in [0, 0.05) is 43.0 Å². The smallest absolute Gasteiger partial charge is 0.338 e. The number of benzene rings is 2. The monoisotopic (exact) mass is 666 g/mol. The van der Waals surface area contributed by atoms with Gasteiger partial charge in [-0.1, -0.05) is 18.2 Å². The Morgan fingerprint density at radius 2 is 1.84 bits per heavy atom. The maximum absolute atomic E-state index is 12.9. The first-order valence-corrected chi connectivity index (χ1v) is 17.3. The zero-order valence-electron chi connectivity index (χ0n) is 28.9. The molecule has 258 valence electrons. The van der Waals surface area contributed by atoms with Crippen LogP contribution in [0.4, 0.5) is 0 Å². The van der Waals surface area contributed by atoms with Crippen LogP contribution in [-0.4, -0.2) is 80.3 Å². The van der Waals surface area contributed by atoms with Crippen LogP contribution in [-0.2, 0) is 40.5 Å². The lowest BCUT2D eigenvalue weighted by Gasteiger charge is -2.32. The number of aromatic nitrogens is 5. The Hall–Kier alpha value is -4.32. The number of fused-ring (bicyclic) bond motifs is 2. The molecule has 0 saturated carbocycles. The number of methoxy groups -OCH3 is 1. The third kappa shape index (κ3) is 7.95. The highest BCUT2D eigenvalue weighted by Gasteiger charge is 2.27. The van der Waals surface area contributed by atoms with Crippen LogP contribution in [0.3, 0.4) is 0 Å². The van der Waals surface area contributed by atoms with E-state index in [-0.39, 0.29) is 12.1 Å². The number of carbonyl (C=O) groups is 1. The fourth-order valence-electron chi connectivity index (χ4n) is 6.58. The van der Waals surface area contributed by atoms with Crippen molar-refractivity contribution in [2.75, 3.05) is 33.4 Å². The Kier molecular flexibility index (Phi) is 9.66. The fraction of sp³-hybridized carbons (Fsp3) is 0.474. The molecule has 2 saturated heterocycles. The van der Waals surface area contributed by atoms with Crippen molar-refractivity contribution in [1.29, 1.82) is 0 Å². The van der Waals surface area contributed by atoms with Crippen LogP contribution >= 0.6 is 0 Å². The predicted octanol–water partition coefficient (Wildman–Crippen LogP) is 6.13. The molecule has 5 aromatic rings. The summed E-state index contributed by atoms with van der Waals surface area (Å²) in [7, 11) is 1.70. The van der Waals surface area contributed by atoms with Crippen molar-refractivity contribution in [1.82, 2.24) is 29.2 Å². The van der Waals surface area contributed by atoms with Crippen molar-refractivity contribution in [3.05, 3.63) is 83.4 Å². The largest absolute Gasteiger partial charge is 0.473 e. The number of ether oxygens (including phenoxy) is 4. The molecule has 0 bridgehead atoms. The Bertz CT molecular complexity index is 1920. The average molecular weight is 667 g/mol. The van der Waals surface area contributed by atoms with Gasteiger partial charge in [0.1, 0.15) is 18.0 Å². The summed E-state index contributed by atoms with van der Waals surface area (Å²) in [6.07, 6.45) is 5.25. The standard InChI is InChI=1S/C38H46N6O5/c1-38(2,3)49-37(45)28-10-11-32-34(21-28)44(23-30-14-18-47-30)35(39-32)24-42-15-12-27(13-16-42)31-6-5-7-36(40-31)48-25-26-8-9-29-22-43(17-19-46-4)41-33(29)20-26/h5-11,20-22,27,30H,12-19,23-25H2,1-4H3. The number of imidazole rings is 1. The summed E-state index contributed by atoms with van der Waals surface area (Å²) in [5.74, 6) is 1.69. The van der Waals surface area contributed by atoms with E-state index in [4.69, 9.17) is 28.9 Å². The van der Waals surface area contributed by atoms with Crippen LogP contribution in [0.2, 0.25) is 0 Å². The lowest BCUT2D eigenvalue weighted by Crippen LogP contribution is -2.35. The molecule has 0 N–H and O–H groups in total. The number of likely N-dealkylation sites (tertiary alicyclic amines) is 1. The molecule has 11 heteroatoms. The minimum absolute atomic E-state index is 0.167. The lowest BCUT2D eigenvalue weighted by molar-refractivity contribution is -0.0592. The van der Waals surface area contributed by atoms with Crippen molar-refractivity contribution < 1.29 is 23.7 Å². The van der Waals surface area contributed by atoms with Crippen LogP contribution < -0.4 is 4.74 Å². The van der Waals surface area contributed by atoms with Gasteiger partial charge in [-0.3, -0.25) is 9.58 Å². The molecule has 5 heterocycles. The number of carbonyl (C=O) groups excluding carboxylic acids is 1. The van der Waals surface area contributed by atoms with Gasteiger partial charge in [0.15, 0.2) is 0 Å². The van der Waals surface area contributed by atoms with Crippen molar-refractivity contribution in [3.8, 4) is 5.88 Å². The van der Waals surface area contributed by atoms with Crippen LogP contribution in [0.25, 0.3) is 21.9 Å².